The van der Waals surface area contributed by atoms with E-state index in [1.165, 1.54) is 6.92 Å². The zero-order chi connectivity index (χ0) is 21.0. The van der Waals surface area contributed by atoms with Gasteiger partial charge in [0.05, 0.1) is 33.1 Å². The molecule has 0 spiro atoms. The van der Waals surface area contributed by atoms with Gasteiger partial charge in [0.2, 0.25) is 0 Å². The largest absolute Gasteiger partial charge is 0.497 e. The van der Waals surface area contributed by atoms with Crippen LogP contribution in [0.2, 0.25) is 0 Å². The molecule has 0 aliphatic carbocycles. The Morgan fingerprint density at radius 3 is 2.24 bits per heavy atom. The molecule has 1 heterocycles. The summed E-state index contributed by atoms with van der Waals surface area (Å²) in [6.45, 7) is 3.43. The van der Waals surface area contributed by atoms with Gasteiger partial charge in [-0.15, -0.1) is 5.10 Å². The minimum absolute atomic E-state index is 0.183. The Balaban J connectivity index is 2.01. The molecule has 0 amide bonds. The van der Waals surface area contributed by atoms with Gasteiger partial charge >= 0.3 is 0 Å². The molecule has 1 aromatic heterocycles. The number of Topliss-reactive ketones (excluding diaryl/α,β-unsaturated/α-hetero) is 1. The van der Waals surface area contributed by atoms with Crippen molar-refractivity contribution in [3.05, 3.63) is 53.7 Å². The van der Waals surface area contributed by atoms with Crippen LogP contribution in [0.3, 0.4) is 0 Å². The van der Waals surface area contributed by atoms with E-state index in [4.69, 9.17) is 14.2 Å². The van der Waals surface area contributed by atoms with E-state index in [1.54, 1.807) is 26.0 Å². The number of nitrogens with zero attached hydrogens (tertiary/aromatic N) is 3. The summed E-state index contributed by atoms with van der Waals surface area (Å²) in [6.07, 6.45) is 0. The molecule has 0 saturated carbocycles. The lowest BCUT2D eigenvalue weighted by Gasteiger charge is -2.20. The molecule has 1 N–H and O–H groups in total. The topological polar surface area (TPSA) is 87.5 Å². The third-order valence-electron chi connectivity index (χ3n) is 4.58. The second-order valence-electron chi connectivity index (χ2n) is 6.43. The van der Waals surface area contributed by atoms with Crippen molar-refractivity contribution in [3.63, 3.8) is 0 Å². The zero-order valence-corrected chi connectivity index (χ0v) is 17.1. The van der Waals surface area contributed by atoms with Crippen LogP contribution < -0.4 is 19.5 Å². The van der Waals surface area contributed by atoms with Crippen molar-refractivity contribution in [2.75, 3.05) is 26.6 Å². The van der Waals surface area contributed by atoms with E-state index < -0.39 is 0 Å². The molecule has 152 valence electrons. The van der Waals surface area contributed by atoms with E-state index in [1.807, 2.05) is 49.4 Å². The van der Waals surface area contributed by atoms with Crippen LogP contribution in [0, 0.1) is 0 Å². The fourth-order valence-electron chi connectivity index (χ4n) is 3.01. The quantitative estimate of drug-likeness (QED) is 0.581. The number of nitrogens with one attached hydrogen (secondary N) is 1. The number of methoxy groups -OCH3 is 3. The third kappa shape index (κ3) is 4.16. The second kappa shape index (κ2) is 8.64. The van der Waals surface area contributed by atoms with Gasteiger partial charge in [-0.3, -0.25) is 4.79 Å². The van der Waals surface area contributed by atoms with Crippen molar-refractivity contribution in [1.29, 1.82) is 0 Å². The van der Waals surface area contributed by atoms with Crippen LogP contribution in [0.15, 0.2) is 42.5 Å². The number of carbonyl (C=O) groups is 1. The number of anilines is 1. The molecule has 29 heavy (non-hydrogen) atoms. The smallest absolute Gasteiger partial charge is 0.183 e. The van der Waals surface area contributed by atoms with Crippen molar-refractivity contribution in [2.45, 2.75) is 19.9 Å². The first kappa shape index (κ1) is 20.2. The van der Waals surface area contributed by atoms with Crippen LogP contribution in [0.1, 0.15) is 35.9 Å². The van der Waals surface area contributed by atoms with E-state index in [-0.39, 0.29) is 17.5 Å². The zero-order valence-electron chi connectivity index (χ0n) is 17.1. The average molecular weight is 396 g/mol. The number of benzene rings is 2. The Kier molecular flexibility index (Phi) is 6.01. The summed E-state index contributed by atoms with van der Waals surface area (Å²) in [5.41, 5.74) is 1.89. The summed E-state index contributed by atoms with van der Waals surface area (Å²) in [4.78, 5) is 12.1. The number of hydrogen-bond acceptors (Lipinski definition) is 7. The lowest BCUT2D eigenvalue weighted by Crippen LogP contribution is -2.14. The maximum absolute atomic E-state index is 12.1. The SMILES string of the molecule is COc1ccc(-n2nnc(C(C)=O)c2NC(C)c2cc(OC)ccc2OC)cc1. The Morgan fingerprint density at radius 2 is 1.66 bits per heavy atom. The molecule has 0 saturated heterocycles. The van der Waals surface area contributed by atoms with Gasteiger partial charge in [-0.1, -0.05) is 5.21 Å². The van der Waals surface area contributed by atoms with Crippen molar-refractivity contribution in [1.82, 2.24) is 15.0 Å². The molecular weight excluding hydrogens is 372 g/mol. The molecule has 0 aliphatic heterocycles. The van der Waals surface area contributed by atoms with Gasteiger partial charge in [0, 0.05) is 12.5 Å². The minimum atomic E-state index is -0.214. The normalized spacial score (nSPS) is 11.6. The van der Waals surface area contributed by atoms with Crippen LogP contribution in [-0.2, 0) is 0 Å². The summed E-state index contributed by atoms with van der Waals surface area (Å²) in [6, 6.07) is 12.7. The van der Waals surface area contributed by atoms with Crippen molar-refractivity contribution in [3.8, 4) is 22.9 Å². The van der Waals surface area contributed by atoms with Crippen molar-refractivity contribution >= 4 is 11.6 Å². The average Bonchev–Trinajstić information content (AvgIpc) is 3.16. The lowest BCUT2D eigenvalue weighted by atomic mass is 10.1. The van der Waals surface area contributed by atoms with Crippen LogP contribution in [0.5, 0.6) is 17.2 Å². The predicted molar refractivity (Wildman–Crippen MR) is 109 cm³/mol. The fourth-order valence-corrected chi connectivity index (χ4v) is 3.01. The van der Waals surface area contributed by atoms with Gasteiger partial charge in [-0.2, -0.15) is 4.68 Å². The van der Waals surface area contributed by atoms with Gasteiger partial charge in [-0.25, -0.2) is 0 Å². The van der Waals surface area contributed by atoms with E-state index in [2.05, 4.69) is 15.6 Å². The molecule has 0 bridgehead atoms. The Morgan fingerprint density at radius 1 is 1.00 bits per heavy atom. The lowest BCUT2D eigenvalue weighted by molar-refractivity contribution is 0.101. The van der Waals surface area contributed by atoms with Crippen LogP contribution >= 0.6 is 0 Å². The summed E-state index contributed by atoms with van der Waals surface area (Å²) in [7, 11) is 4.83. The highest BCUT2D eigenvalue weighted by Gasteiger charge is 2.22. The minimum Gasteiger partial charge on any atom is -0.497 e. The molecule has 0 aliphatic rings. The standard InChI is InChI=1S/C21H24N4O4/c1-13(18-12-17(28-4)10-11-19(18)29-5)22-21-20(14(2)26)23-24-25(21)15-6-8-16(27-3)9-7-15/h6-13,22H,1-5H3. The summed E-state index contributed by atoms with van der Waals surface area (Å²) in [5.74, 6) is 2.46. The van der Waals surface area contributed by atoms with E-state index >= 15 is 0 Å². The Bertz CT molecular complexity index is 998. The number of carbonyl (C=O) groups excluding carboxylic acids is 1. The number of hydrogen-bond donors (Lipinski definition) is 1. The number of ketones is 1. The van der Waals surface area contributed by atoms with Crippen molar-refractivity contribution < 1.29 is 19.0 Å². The summed E-state index contributed by atoms with van der Waals surface area (Å²) >= 11 is 0. The summed E-state index contributed by atoms with van der Waals surface area (Å²) in [5, 5.41) is 11.6. The van der Waals surface area contributed by atoms with Crippen LogP contribution in [0.25, 0.3) is 5.69 Å². The molecule has 8 heteroatoms. The first-order valence-electron chi connectivity index (χ1n) is 9.08. The number of aromatic nitrogens is 3. The molecule has 3 rings (SSSR count). The Hall–Kier alpha value is -3.55. The van der Waals surface area contributed by atoms with Crippen LogP contribution in [-0.4, -0.2) is 42.1 Å². The van der Waals surface area contributed by atoms with E-state index in [9.17, 15) is 4.79 Å². The van der Waals surface area contributed by atoms with Gasteiger partial charge in [0.25, 0.3) is 0 Å². The number of ether oxygens (including phenoxy) is 3. The molecule has 1 unspecified atom stereocenters. The van der Waals surface area contributed by atoms with Gasteiger partial charge < -0.3 is 19.5 Å². The third-order valence-corrected chi connectivity index (χ3v) is 4.58. The van der Waals surface area contributed by atoms with Crippen molar-refractivity contribution in [2.24, 2.45) is 0 Å². The van der Waals surface area contributed by atoms with E-state index in [0.29, 0.717) is 17.3 Å². The highest BCUT2D eigenvalue weighted by molar-refractivity contribution is 5.97. The highest BCUT2D eigenvalue weighted by Crippen LogP contribution is 2.32. The molecule has 3 aromatic rings. The first-order chi connectivity index (χ1) is 14.0. The first-order valence-corrected chi connectivity index (χ1v) is 9.08. The van der Waals surface area contributed by atoms with Crippen LogP contribution in [0.4, 0.5) is 5.82 Å². The Labute approximate surface area is 169 Å². The maximum atomic E-state index is 12.1. The molecule has 0 radical (unpaired) electrons. The second-order valence-corrected chi connectivity index (χ2v) is 6.43. The van der Waals surface area contributed by atoms with Gasteiger partial charge in [-0.05, 0) is 49.4 Å². The fraction of sp³-hybridized carbons (Fsp3) is 0.286. The molecule has 8 nitrogen and oxygen atoms in total. The molecule has 0 fully saturated rings. The van der Waals surface area contributed by atoms with Gasteiger partial charge in [0.15, 0.2) is 17.3 Å². The predicted octanol–water partition coefficient (Wildman–Crippen LogP) is 3.67. The highest BCUT2D eigenvalue weighted by atomic mass is 16.5. The molecule has 2 aromatic carbocycles. The van der Waals surface area contributed by atoms with Gasteiger partial charge in [0.1, 0.15) is 17.2 Å². The maximum Gasteiger partial charge on any atom is 0.183 e. The summed E-state index contributed by atoms with van der Waals surface area (Å²) < 4.78 is 17.6. The monoisotopic (exact) mass is 396 g/mol. The molecule has 1 atom stereocenters. The molecular formula is C21H24N4O4. The number of rotatable bonds is 8. The van der Waals surface area contributed by atoms with E-state index in [0.717, 1.165) is 17.0 Å².